The average molecular weight is 1320 g/mol. The van der Waals surface area contributed by atoms with Crippen molar-refractivity contribution in [2.75, 3.05) is 0 Å². The van der Waals surface area contributed by atoms with Crippen molar-refractivity contribution in [1.29, 1.82) is 0 Å². The molecule has 8 unspecified atom stereocenters. The zero-order valence-corrected chi connectivity index (χ0v) is 58.7. The van der Waals surface area contributed by atoms with Gasteiger partial charge in [-0.15, -0.1) is 0 Å². The number of hydrogen-bond donors (Lipinski definition) is 0. The van der Waals surface area contributed by atoms with E-state index >= 15 is 0 Å². The van der Waals surface area contributed by atoms with Gasteiger partial charge in [-0.25, -0.2) is 0 Å². The number of allylic oxidation sites excluding steroid dienone is 32. The summed E-state index contributed by atoms with van der Waals surface area (Å²) in [5.74, 6) is -0.153. The Balaban J connectivity index is 1.01. The van der Waals surface area contributed by atoms with Gasteiger partial charge in [-0.3, -0.25) is 0 Å². The minimum atomic E-state index is -7.64. The van der Waals surface area contributed by atoms with E-state index in [2.05, 4.69) is 332 Å². The molecule has 0 nitrogen and oxygen atoms in total. The van der Waals surface area contributed by atoms with Crippen molar-refractivity contribution in [2.24, 2.45) is 0 Å². The van der Waals surface area contributed by atoms with Crippen LogP contribution in [0.2, 0.25) is 24.1 Å². The number of hydrogen-bond acceptors (Lipinski definition) is 0. The number of halogens is 2. The molecule has 2 fully saturated rings. The van der Waals surface area contributed by atoms with Gasteiger partial charge in [-0.1, -0.05) is 0 Å². The zero-order chi connectivity index (χ0) is 61.7. The molecule has 0 N–H and O–H groups in total. The van der Waals surface area contributed by atoms with Crippen molar-refractivity contribution < 1.29 is 14.9 Å². The summed E-state index contributed by atoms with van der Waals surface area (Å²) in [4.78, 5) is 0. The molecular formula is C86H72Cl2Si2Zr. The van der Waals surface area contributed by atoms with Crippen LogP contribution in [-0.2, 0) is 14.9 Å². The first-order valence-corrected chi connectivity index (χ1v) is 48.9. The van der Waals surface area contributed by atoms with Crippen LogP contribution < -0.4 is 0 Å². The summed E-state index contributed by atoms with van der Waals surface area (Å²) in [5.41, 5.74) is 21.7. The standard InChI is InChI=1S/2C43H36Si.2ClH.Zr/c2*1-28-24-40-36(34-22-20-30-12-4-6-14-32(30)26-34)16-8-10-18-38(40)42(28)44(3)43-29(2)25-41-37(17-9-11-19-39(41)43)35-23-21-31-13-5-7-15-33(31)27-35;;;/h2*4-27,36-37,44H,1-3H3;2*1H;/q;;;;+2/p-2. The average Bonchev–Trinajstić information content (AvgIpc) is 1.52. The second kappa shape index (κ2) is 19.1. The van der Waals surface area contributed by atoms with E-state index in [-0.39, 0.29) is 23.7 Å². The molecule has 8 aromatic carbocycles. The zero-order valence-electron chi connectivity index (χ0n) is 52.4. The predicted octanol–water partition coefficient (Wildman–Crippen LogP) is 23.3. The van der Waals surface area contributed by atoms with Crippen LogP contribution in [0.5, 0.6) is 0 Å². The van der Waals surface area contributed by atoms with E-state index in [1.54, 1.807) is 0 Å². The second-order valence-electron chi connectivity index (χ2n) is 28.4. The fourth-order valence-corrected chi connectivity index (χ4v) is 147. The third-order valence-electron chi connectivity index (χ3n) is 25.7. The van der Waals surface area contributed by atoms with Gasteiger partial charge in [0, 0.05) is 0 Å². The molecule has 8 aromatic rings. The molecule has 2 aliphatic heterocycles. The summed E-state index contributed by atoms with van der Waals surface area (Å²) in [6.07, 6.45) is 49.7. The number of benzene rings is 8. The first kappa shape index (κ1) is 56.3. The van der Waals surface area contributed by atoms with E-state index in [4.69, 9.17) is 0 Å². The third kappa shape index (κ3) is 6.09. The van der Waals surface area contributed by atoms with E-state index in [0.717, 1.165) is 0 Å². The van der Waals surface area contributed by atoms with Gasteiger partial charge in [0.15, 0.2) is 0 Å². The minimum absolute atomic E-state index is 0.0383. The molecule has 8 atom stereocenters. The summed E-state index contributed by atoms with van der Waals surface area (Å²) in [5, 5.41) is 10.0. The Morgan fingerprint density at radius 2 is 0.516 bits per heavy atom. The molecule has 0 saturated carbocycles. The molecule has 5 heteroatoms. The first-order valence-electron chi connectivity index (χ1n) is 33.1. The molecule has 442 valence electrons. The number of fused-ring (bicyclic) bond motifs is 12. The first-order chi connectivity index (χ1) is 44.2. The van der Waals surface area contributed by atoms with Gasteiger partial charge >= 0.3 is 549 Å². The van der Waals surface area contributed by atoms with Crippen LogP contribution in [0.25, 0.3) is 43.1 Å². The topological polar surface area (TPSA) is 0 Å². The van der Waals surface area contributed by atoms with Crippen LogP contribution in [0.4, 0.5) is 0 Å². The van der Waals surface area contributed by atoms with Gasteiger partial charge in [0.2, 0.25) is 0 Å². The Labute approximate surface area is 543 Å². The quantitative estimate of drug-likeness (QED) is 0.154. The van der Waals surface area contributed by atoms with Gasteiger partial charge in [0.05, 0.1) is 0 Å². The molecule has 18 rings (SSSR count). The van der Waals surface area contributed by atoms with E-state index in [1.165, 1.54) is 132 Å². The van der Waals surface area contributed by atoms with Crippen LogP contribution in [0, 0.1) is 0 Å². The summed E-state index contributed by atoms with van der Waals surface area (Å²) in [7, 11) is 17.9. The Kier molecular flexibility index (Phi) is 11.8. The van der Waals surface area contributed by atoms with Crippen molar-refractivity contribution in [3.8, 4) is 0 Å². The summed E-state index contributed by atoms with van der Waals surface area (Å²) in [6, 6.07) is 64.1. The molecule has 0 bridgehead atoms. The number of rotatable bonds is 4. The van der Waals surface area contributed by atoms with Crippen molar-refractivity contribution in [1.82, 2.24) is 0 Å². The van der Waals surface area contributed by atoms with E-state index in [1.807, 2.05) is 0 Å². The molecule has 5 spiro atoms. The predicted molar refractivity (Wildman–Crippen MR) is 392 cm³/mol. The van der Waals surface area contributed by atoms with Gasteiger partial charge in [0.25, 0.3) is 0 Å². The summed E-state index contributed by atoms with van der Waals surface area (Å²) >= 11 is -7.64. The van der Waals surface area contributed by atoms with E-state index in [0.29, 0.717) is 0 Å². The van der Waals surface area contributed by atoms with Gasteiger partial charge in [-0.2, -0.15) is 0 Å². The fraction of sp³-hybridized carbons (Fsp3) is 0.163. The second-order valence-corrected chi connectivity index (χ2v) is 68.2. The van der Waals surface area contributed by atoms with Crippen molar-refractivity contribution in [3.63, 3.8) is 0 Å². The molecule has 2 heterocycles. The maximum absolute atomic E-state index is 11.5. The summed E-state index contributed by atoms with van der Waals surface area (Å²) in [6.45, 7) is 15.7. The summed E-state index contributed by atoms with van der Waals surface area (Å²) < 4.78 is -2.86. The Morgan fingerprint density at radius 3 is 0.747 bits per heavy atom. The Hall–Kier alpha value is -7.46. The van der Waals surface area contributed by atoms with Crippen molar-refractivity contribution in [3.05, 3.63) is 381 Å². The van der Waals surface area contributed by atoms with Crippen LogP contribution >= 0.6 is 17.0 Å². The SMILES string of the molecule is CC1=CC2=C(C=CC=CC2c2ccc3ccccc3c2)[C]12[SiH](C)[C]1(C(C)=CC3=C1C=CC=CC3c1ccc3ccccc3c1)[Zr]21([Cl])([Cl])[C]2(C(C)=CC3=C2C=CC=CC3c2ccc3ccccc3c2)[SiH](C)[C]12C(C)=CC1=C2C=CC=CC1c1ccc2ccccc2c1. The van der Waals surface area contributed by atoms with Gasteiger partial charge in [-0.05, 0) is 0 Å². The Bertz CT molecular complexity index is 4630. The van der Waals surface area contributed by atoms with Crippen LogP contribution in [0.3, 0.4) is 0 Å². The fourth-order valence-electron chi connectivity index (χ4n) is 23.5. The normalized spacial score (nSPS) is 32.1. The van der Waals surface area contributed by atoms with E-state index < -0.39 is 43.5 Å². The molecule has 91 heavy (non-hydrogen) atoms. The van der Waals surface area contributed by atoms with Gasteiger partial charge < -0.3 is 0 Å². The molecule has 10 aliphatic rings. The maximum atomic E-state index is 11.5. The third-order valence-corrected chi connectivity index (χ3v) is 111. The van der Waals surface area contributed by atoms with Crippen LogP contribution in [-0.4, -0.2) is 17.6 Å². The van der Waals surface area contributed by atoms with E-state index in [9.17, 15) is 17.0 Å². The molecule has 0 amide bonds. The van der Waals surface area contributed by atoms with Crippen LogP contribution in [0.1, 0.15) is 73.6 Å². The molecular weight excluding hydrogens is 1250 g/mol. The van der Waals surface area contributed by atoms with Crippen molar-refractivity contribution >= 4 is 77.7 Å². The Morgan fingerprint density at radius 1 is 0.297 bits per heavy atom. The molecule has 0 radical (unpaired) electrons. The van der Waals surface area contributed by atoms with Crippen LogP contribution in [0.15, 0.2) is 358 Å². The molecule has 8 aliphatic carbocycles. The molecule has 2 saturated heterocycles. The molecule has 0 aromatic heterocycles. The monoisotopic (exact) mass is 1320 g/mol. The van der Waals surface area contributed by atoms with Gasteiger partial charge in [0.1, 0.15) is 0 Å². The van der Waals surface area contributed by atoms with Crippen molar-refractivity contribution in [2.45, 2.75) is 75.4 Å².